The third-order valence-corrected chi connectivity index (χ3v) is 8.42. The third-order valence-electron chi connectivity index (χ3n) is 8.42. The van der Waals surface area contributed by atoms with Crippen molar-refractivity contribution in [2.45, 2.75) is 96.0 Å². The summed E-state index contributed by atoms with van der Waals surface area (Å²) >= 11 is 0. The molecule has 2 aromatic carbocycles. The lowest BCUT2D eigenvalue weighted by Crippen LogP contribution is -2.26. The molecule has 1 atom stereocenters. The number of halogens is 3. The van der Waals surface area contributed by atoms with Gasteiger partial charge in [0.25, 0.3) is 0 Å². The lowest BCUT2D eigenvalue weighted by Gasteiger charge is -2.32. The van der Waals surface area contributed by atoms with Crippen LogP contribution in [0.2, 0.25) is 0 Å². The minimum absolute atomic E-state index is 0.109. The number of ether oxygens (including phenoxy) is 2. The summed E-state index contributed by atoms with van der Waals surface area (Å²) in [4.78, 5) is 12.8. The molecule has 1 N–H and O–H groups in total. The fraction of sp³-hybridized carbons (Fsp3) is 0.581. The lowest BCUT2D eigenvalue weighted by molar-refractivity contribution is -0.140. The average molecular weight is 533 g/mol. The number of aliphatic hydroxyl groups excluding tert-OH is 1. The Morgan fingerprint density at radius 3 is 2.18 bits per heavy atom. The van der Waals surface area contributed by atoms with Crippen LogP contribution >= 0.6 is 0 Å². The largest absolute Gasteiger partial charge is 0.491 e. The van der Waals surface area contributed by atoms with E-state index < -0.39 is 29.3 Å². The van der Waals surface area contributed by atoms with E-state index in [1.165, 1.54) is 18.2 Å². The van der Waals surface area contributed by atoms with Gasteiger partial charge in [0.15, 0.2) is 23.1 Å². The quantitative estimate of drug-likeness (QED) is 0.264. The van der Waals surface area contributed by atoms with Gasteiger partial charge in [0.05, 0.1) is 18.6 Å². The molecule has 208 valence electrons. The summed E-state index contributed by atoms with van der Waals surface area (Å²) in [6, 6.07) is 7.88. The van der Waals surface area contributed by atoms with Gasteiger partial charge in [-0.3, -0.25) is 4.79 Å². The number of hydrogen-bond donors (Lipinski definition) is 1. The maximum atomic E-state index is 15.0. The molecule has 0 bridgehead atoms. The highest BCUT2D eigenvalue weighted by Gasteiger charge is 2.32. The van der Waals surface area contributed by atoms with Gasteiger partial charge in [0, 0.05) is 0 Å². The van der Waals surface area contributed by atoms with Crippen LogP contribution in [0.15, 0.2) is 30.3 Å². The summed E-state index contributed by atoms with van der Waals surface area (Å²) in [7, 11) is 0. The van der Waals surface area contributed by atoms with E-state index in [9.17, 15) is 18.7 Å². The zero-order chi connectivity index (χ0) is 27.2. The van der Waals surface area contributed by atoms with E-state index in [4.69, 9.17) is 9.47 Å². The predicted molar refractivity (Wildman–Crippen MR) is 140 cm³/mol. The predicted octanol–water partition coefficient (Wildman–Crippen LogP) is 7.82. The molecule has 4 nitrogen and oxygen atoms in total. The Kier molecular flexibility index (Phi) is 9.74. The van der Waals surface area contributed by atoms with Crippen LogP contribution in [0.4, 0.5) is 13.2 Å². The van der Waals surface area contributed by atoms with Crippen LogP contribution in [0.5, 0.6) is 11.5 Å². The minimum Gasteiger partial charge on any atom is -0.491 e. The van der Waals surface area contributed by atoms with Crippen LogP contribution < -0.4 is 9.47 Å². The van der Waals surface area contributed by atoms with Gasteiger partial charge in [-0.15, -0.1) is 0 Å². The van der Waals surface area contributed by atoms with Crippen molar-refractivity contribution < 1.29 is 32.5 Å². The lowest BCUT2D eigenvalue weighted by atomic mass is 9.76. The summed E-state index contributed by atoms with van der Waals surface area (Å²) in [6.07, 6.45) is 6.75. The first-order valence-corrected chi connectivity index (χ1v) is 14.1. The smallest absolute Gasteiger partial charge is 0.314 e. The second-order valence-corrected chi connectivity index (χ2v) is 10.8. The Morgan fingerprint density at radius 1 is 0.895 bits per heavy atom. The van der Waals surface area contributed by atoms with Crippen molar-refractivity contribution in [3.8, 4) is 11.5 Å². The van der Waals surface area contributed by atoms with Gasteiger partial charge in [-0.1, -0.05) is 25.5 Å². The third kappa shape index (κ3) is 6.53. The molecule has 0 aliphatic heterocycles. The molecule has 38 heavy (non-hydrogen) atoms. The van der Waals surface area contributed by atoms with Crippen LogP contribution in [0.25, 0.3) is 0 Å². The maximum absolute atomic E-state index is 15.0. The monoisotopic (exact) mass is 532 g/mol. The van der Waals surface area contributed by atoms with Gasteiger partial charge in [-0.2, -0.15) is 4.39 Å². The fourth-order valence-corrected chi connectivity index (χ4v) is 6.18. The minimum atomic E-state index is -1.12. The number of carbonyl (C=O) groups is 1. The molecule has 7 heteroatoms. The van der Waals surface area contributed by atoms with E-state index in [1.54, 1.807) is 13.0 Å². The van der Waals surface area contributed by atoms with Crippen LogP contribution in [-0.4, -0.2) is 23.8 Å². The highest BCUT2D eigenvalue weighted by Crippen LogP contribution is 2.41. The van der Waals surface area contributed by atoms with Crippen molar-refractivity contribution in [1.82, 2.24) is 0 Å². The molecule has 2 fully saturated rings. The van der Waals surface area contributed by atoms with Gasteiger partial charge in [0.1, 0.15) is 0 Å². The molecular formula is C31H39F3O4. The highest BCUT2D eigenvalue weighted by molar-refractivity contribution is 5.75. The molecule has 2 aliphatic rings. The number of aliphatic hydroxyl groups is 1. The molecule has 0 amide bonds. The highest BCUT2D eigenvalue weighted by atomic mass is 19.2. The summed E-state index contributed by atoms with van der Waals surface area (Å²) in [5.41, 5.74) is 1.18. The Labute approximate surface area is 223 Å². The van der Waals surface area contributed by atoms with E-state index in [0.29, 0.717) is 50.7 Å². The molecule has 4 rings (SSSR count). The molecular weight excluding hydrogens is 493 g/mol. The molecule has 2 saturated carbocycles. The zero-order valence-corrected chi connectivity index (χ0v) is 22.4. The first kappa shape index (κ1) is 28.5. The molecule has 0 heterocycles. The van der Waals surface area contributed by atoms with Gasteiger partial charge >= 0.3 is 5.97 Å². The summed E-state index contributed by atoms with van der Waals surface area (Å²) in [5.74, 6) is -3.36. The molecule has 2 aliphatic carbocycles. The molecule has 0 aromatic heterocycles. The van der Waals surface area contributed by atoms with Crippen molar-refractivity contribution in [3.05, 3.63) is 58.9 Å². The molecule has 0 saturated heterocycles. The number of benzene rings is 2. The van der Waals surface area contributed by atoms with Crippen molar-refractivity contribution >= 4 is 5.97 Å². The van der Waals surface area contributed by atoms with E-state index in [0.717, 1.165) is 31.2 Å². The van der Waals surface area contributed by atoms with Gasteiger partial charge in [0.2, 0.25) is 5.82 Å². The van der Waals surface area contributed by atoms with Crippen molar-refractivity contribution in [1.29, 1.82) is 0 Å². The zero-order valence-electron chi connectivity index (χ0n) is 22.4. The van der Waals surface area contributed by atoms with Crippen LogP contribution in [0.3, 0.4) is 0 Å². The van der Waals surface area contributed by atoms with Gasteiger partial charge < -0.3 is 14.6 Å². The Bertz CT molecular complexity index is 1090. The topological polar surface area (TPSA) is 55.8 Å². The Balaban J connectivity index is 1.32. The van der Waals surface area contributed by atoms with E-state index in [2.05, 4.69) is 0 Å². The number of carbonyl (C=O) groups excluding carboxylic acids is 1. The van der Waals surface area contributed by atoms with Crippen LogP contribution in [-0.2, 0) is 4.79 Å². The number of rotatable bonds is 9. The first-order valence-electron chi connectivity index (χ1n) is 14.1. The van der Waals surface area contributed by atoms with Gasteiger partial charge in [-0.25, -0.2) is 8.78 Å². The van der Waals surface area contributed by atoms with Crippen LogP contribution in [0, 0.1) is 29.3 Å². The van der Waals surface area contributed by atoms with Gasteiger partial charge in [-0.05, 0) is 112 Å². The Hall–Kier alpha value is -2.54. The fourth-order valence-electron chi connectivity index (χ4n) is 6.18. The van der Waals surface area contributed by atoms with E-state index in [-0.39, 0.29) is 35.4 Å². The summed E-state index contributed by atoms with van der Waals surface area (Å²) < 4.78 is 54.8. The van der Waals surface area contributed by atoms with E-state index in [1.807, 2.05) is 13.0 Å². The molecule has 1 unspecified atom stereocenters. The number of hydrogen-bond acceptors (Lipinski definition) is 4. The standard InChI is InChI=1S/C31H39F3O4/c1-3-5-26(35)21-10-8-20(9-11-21)24-15-17-28(30(34)29(24)33)38-31(36)22-12-6-19(7-13-22)23-14-16-27(37-4-2)25(32)18-23/h14-22,26,35H,3-13H2,1-2H3. The number of esters is 1. The van der Waals surface area contributed by atoms with Crippen molar-refractivity contribution in [2.75, 3.05) is 6.61 Å². The summed E-state index contributed by atoms with van der Waals surface area (Å²) in [6.45, 7) is 4.23. The molecule has 0 radical (unpaired) electrons. The van der Waals surface area contributed by atoms with Crippen molar-refractivity contribution in [3.63, 3.8) is 0 Å². The first-order chi connectivity index (χ1) is 18.3. The average Bonchev–Trinajstić information content (AvgIpc) is 2.93. The normalized spacial score (nSPS) is 24.6. The molecule has 2 aromatic rings. The second kappa shape index (κ2) is 13.0. The SMILES string of the molecule is CCCC(O)C1CCC(c2ccc(OC(=O)C3CCC(c4ccc(OCC)c(F)c4)CC3)c(F)c2F)CC1. The summed E-state index contributed by atoms with van der Waals surface area (Å²) in [5, 5.41) is 10.3. The Morgan fingerprint density at radius 2 is 1.55 bits per heavy atom. The molecule has 0 spiro atoms. The van der Waals surface area contributed by atoms with Crippen molar-refractivity contribution in [2.24, 2.45) is 11.8 Å². The van der Waals surface area contributed by atoms with Crippen LogP contribution in [0.1, 0.15) is 101 Å². The second-order valence-electron chi connectivity index (χ2n) is 10.8. The maximum Gasteiger partial charge on any atom is 0.314 e. The van der Waals surface area contributed by atoms with E-state index >= 15 is 4.39 Å².